The van der Waals surface area contributed by atoms with Gasteiger partial charge in [-0.2, -0.15) is 4.31 Å². The second-order valence-corrected chi connectivity index (χ2v) is 12.0. The first-order valence-corrected chi connectivity index (χ1v) is 13.9. The maximum absolute atomic E-state index is 13.1. The van der Waals surface area contributed by atoms with E-state index in [-0.39, 0.29) is 35.0 Å². The van der Waals surface area contributed by atoms with Crippen molar-refractivity contribution in [2.24, 2.45) is 5.92 Å². The third kappa shape index (κ3) is 5.59. The average Bonchev–Trinajstić information content (AvgIpc) is 3.35. The lowest BCUT2D eigenvalue weighted by Gasteiger charge is -2.30. The monoisotopic (exact) mass is 509 g/mol. The van der Waals surface area contributed by atoms with E-state index in [1.165, 1.54) is 10.4 Å². The van der Waals surface area contributed by atoms with Crippen molar-refractivity contribution in [1.29, 1.82) is 0 Å². The van der Waals surface area contributed by atoms with Gasteiger partial charge >= 0.3 is 0 Å². The molecule has 7 nitrogen and oxygen atoms in total. The smallest absolute Gasteiger partial charge is 0.254 e. The summed E-state index contributed by atoms with van der Waals surface area (Å²) in [6, 6.07) is 8.85. The summed E-state index contributed by atoms with van der Waals surface area (Å²) < 4.78 is 27.8. The molecule has 2 aromatic rings. The van der Waals surface area contributed by atoms with Gasteiger partial charge in [-0.3, -0.25) is 9.59 Å². The van der Waals surface area contributed by atoms with Gasteiger partial charge < -0.3 is 10.2 Å². The fraction of sp³-hybridized carbons (Fsp3) is 0.478. The van der Waals surface area contributed by atoms with Gasteiger partial charge in [-0.25, -0.2) is 8.42 Å². The minimum Gasteiger partial charge on any atom is -0.352 e. The van der Waals surface area contributed by atoms with Crippen LogP contribution < -0.4 is 5.32 Å². The van der Waals surface area contributed by atoms with Crippen molar-refractivity contribution in [2.45, 2.75) is 42.9 Å². The highest BCUT2D eigenvalue weighted by Gasteiger charge is 2.33. The molecule has 2 aliphatic rings. The molecule has 2 saturated heterocycles. The summed E-state index contributed by atoms with van der Waals surface area (Å²) in [5, 5.41) is 5.15. The molecule has 1 N–H and O–H groups in total. The van der Waals surface area contributed by atoms with E-state index < -0.39 is 10.0 Å². The molecule has 0 radical (unpaired) electrons. The molecule has 2 aliphatic heterocycles. The molecule has 2 fully saturated rings. The summed E-state index contributed by atoms with van der Waals surface area (Å²) in [5.74, 6) is -0.419. The Morgan fingerprint density at radius 2 is 1.76 bits per heavy atom. The van der Waals surface area contributed by atoms with Crippen molar-refractivity contribution in [1.82, 2.24) is 14.5 Å². The normalized spacial score (nSPS) is 18.3. The number of hydrogen-bond acceptors (Lipinski definition) is 5. The Bertz CT molecular complexity index is 1100. The summed E-state index contributed by atoms with van der Waals surface area (Å²) in [5.41, 5.74) is 1.29. The summed E-state index contributed by atoms with van der Waals surface area (Å²) >= 11 is 7.23. The first-order chi connectivity index (χ1) is 15.9. The van der Waals surface area contributed by atoms with Crippen LogP contribution in [0.3, 0.4) is 0 Å². The first-order valence-electron chi connectivity index (χ1n) is 11.3. The summed E-state index contributed by atoms with van der Waals surface area (Å²) in [6.07, 6.45) is 4.02. The molecule has 0 spiro atoms. The van der Waals surface area contributed by atoms with Gasteiger partial charge in [0.05, 0.1) is 5.56 Å². The molecule has 10 heteroatoms. The number of thiophene rings is 1. The molecule has 1 aromatic carbocycles. The van der Waals surface area contributed by atoms with E-state index in [2.05, 4.69) is 5.32 Å². The molecule has 0 saturated carbocycles. The Hall–Kier alpha value is -1.94. The van der Waals surface area contributed by atoms with Gasteiger partial charge in [0.25, 0.3) is 15.9 Å². The van der Waals surface area contributed by atoms with Crippen LogP contribution in [-0.4, -0.2) is 55.6 Å². The number of benzene rings is 1. The van der Waals surface area contributed by atoms with Crippen LogP contribution in [0.5, 0.6) is 0 Å². The van der Waals surface area contributed by atoms with Crippen LogP contribution in [0.4, 0.5) is 0 Å². The average molecular weight is 510 g/mol. The van der Waals surface area contributed by atoms with Gasteiger partial charge in [0, 0.05) is 49.0 Å². The molecule has 0 aliphatic carbocycles. The van der Waals surface area contributed by atoms with Crippen molar-refractivity contribution in [3.8, 4) is 0 Å². The van der Waals surface area contributed by atoms with E-state index in [1.807, 2.05) is 18.2 Å². The van der Waals surface area contributed by atoms with Crippen LogP contribution in [0.2, 0.25) is 5.02 Å². The lowest BCUT2D eigenvalue weighted by Crippen LogP contribution is -2.42. The van der Waals surface area contributed by atoms with E-state index in [4.69, 9.17) is 11.6 Å². The van der Waals surface area contributed by atoms with Crippen LogP contribution in [0, 0.1) is 5.92 Å². The van der Waals surface area contributed by atoms with E-state index >= 15 is 0 Å². The first kappa shape index (κ1) is 24.2. The zero-order valence-corrected chi connectivity index (χ0v) is 20.7. The number of halogens is 1. The van der Waals surface area contributed by atoms with Gasteiger partial charge in [0.1, 0.15) is 4.21 Å². The fourth-order valence-electron chi connectivity index (χ4n) is 4.30. The zero-order valence-electron chi connectivity index (χ0n) is 18.3. The third-order valence-electron chi connectivity index (χ3n) is 6.30. The standard InChI is InChI=1S/C23H28ClN3O4S2/c24-20-7-3-2-6-18(20)15-25-22(28)17-8-12-27(13-9-17)33(30,31)21-14-19(16-32-21)23(29)26-10-4-1-5-11-26/h2-3,6-7,14,16-17H,1,4-5,8-13,15H2,(H,25,28). The number of amides is 2. The molecule has 33 heavy (non-hydrogen) atoms. The quantitative estimate of drug-likeness (QED) is 0.642. The summed E-state index contributed by atoms with van der Waals surface area (Å²) in [6.45, 7) is 2.35. The minimum atomic E-state index is -3.68. The molecule has 4 rings (SSSR count). The van der Waals surface area contributed by atoms with Crippen LogP contribution in [0.1, 0.15) is 48.0 Å². The predicted octanol–water partition coefficient (Wildman–Crippen LogP) is 3.74. The van der Waals surface area contributed by atoms with Crippen molar-refractivity contribution in [3.63, 3.8) is 0 Å². The van der Waals surface area contributed by atoms with E-state index in [9.17, 15) is 18.0 Å². The second kappa shape index (κ2) is 10.5. The summed E-state index contributed by atoms with van der Waals surface area (Å²) in [4.78, 5) is 27.1. The number of sulfonamides is 1. The Kier molecular flexibility index (Phi) is 7.73. The van der Waals surface area contributed by atoms with E-state index in [0.29, 0.717) is 30.0 Å². The molecule has 1 aromatic heterocycles. The zero-order chi connectivity index (χ0) is 23.4. The van der Waals surface area contributed by atoms with E-state index in [1.54, 1.807) is 16.3 Å². The van der Waals surface area contributed by atoms with Gasteiger partial charge in [0.2, 0.25) is 5.91 Å². The predicted molar refractivity (Wildman–Crippen MR) is 129 cm³/mol. The topological polar surface area (TPSA) is 86.8 Å². The molecular formula is C23H28ClN3O4S2. The van der Waals surface area contributed by atoms with Crippen LogP contribution in [0.15, 0.2) is 39.9 Å². The van der Waals surface area contributed by atoms with Crippen molar-refractivity contribution in [2.75, 3.05) is 26.2 Å². The molecule has 0 unspecified atom stereocenters. The lowest BCUT2D eigenvalue weighted by molar-refractivity contribution is -0.126. The number of piperidine rings is 2. The number of carbonyl (C=O) groups is 2. The van der Waals surface area contributed by atoms with Gasteiger partial charge in [-0.05, 0) is 49.8 Å². The number of nitrogens with one attached hydrogen (secondary N) is 1. The van der Waals surface area contributed by atoms with Gasteiger partial charge in [0.15, 0.2) is 0 Å². The Balaban J connectivity index is 1.32. The number of likely N-dealkylation sites (tertiary alicyclic amines) is 1. The van der Waals surface area contributed by atoms with Crippen molar-refractivity contribution < 1.29 is 18.0 Å². The number of rotatable bonds is 6. The Morgan fingerprint density at radius 1 is 1.06 bits per heavy atom. The molecule has 3 heterocycles. The molecule has 0 bridgehead atoms. The molecule has 2 amide bonds. The van der Waals surface area contributed by atoms with Crippen molar-refractivity contribution in [3.05, 3.63) is 51.9 Å². The van der Waals surface area contributed by atoms with Gasteiger partial charge in [-0.15, -0.1) is 11.3 Å². The minimum absolute atomic E-state index is 0.0856. The third-order valence-corrected chi connectivity index (χ3v) is 9.98. The Morgan fingerprint density at radius 3 is 2.45 bits per heavy atom. The maximum atomic E-state index is 13.1. The highest BCUT2D eigenvalue weighted by Crippen LogP contribution is 2.29. The number of hydrogen-bond donors (Lipinski definition) is 1. The van der Waals surface area contributed by atoms with Crippen LogP contribution in [0.25, 0.3) is 0 Å². The lowest BCUT2D eigenvalue weighted by atomic mass is 9.97. The van der Waals surface area contributed by atoms with Crippen LogP contribution in [-0.2, 0) is 21.4 Å². The van der Waals surface area contributed by atoms with Gasteiger partial charge in [-0.1, -0.05) is 29.8 Å². The SMILES string of the molecule is O=C(NCc1ccccc1Cl)C1CCN(S(=O)(=O)c2cc(C(=O)N3CCCCC3)cs2)CC1. The molecule has 178 valence electrons. The van der Waals surface area contributed by atoms with Crippen molar-refractivity contribution >= 4 is 44.8 Å². The number of nitrogens with zero attached hydrogens (tertiary/aromatic N) is 2. The maximum Gasteiger partial charge on any atom is 0.254 e. The number of carbonyl (C=O) groups excluding carboxylic acids is 2. The molecule has 0 atom stereocenters. The van der Waals surface area contributed by atoms with Crippen LogP contribution >= 0.6 is 22.9 Å². The molecular weight excluding hydrogens is 482 g/mol. The fourth-order valence-corrected chi connectivity index (χ4v) is 7.28. The largest absolute Gasteiger partial charge is 0.352 e. The second-order valence-electron chi connectivity index (χ2n) is 8.49. The Labute approximate surface area is 203 Å². The van der Waals surface area contributed by atoms with E-state index in [0.717, 1.165) is 49.3 Å². The summed E-state index contributed by atoms with van der Waals surface area (Å²) in [7, 11) is -3.68. The highest BCUT2D eigenvalue weighted by atomic mass is 35.5. The highest BCUT2D eigenvalue weighted by molar-refractivity contribution is 7.91.